The highest BCUT2D eigenvalue weighted by atomic mass is 35.5. The van der Waals surface area contributed by atoms with Gasteiger partial charge >= 0.3 is 0 Å². The first-order valence-corrected chi connectivity index (χ1v) is 8.19. The van der Waals surface area contributed by atoms with Gasteiger partial charge in [-0.3, -0.25) is 0 Å². The van der Waals surface area contributed by atoms with Crippen molar-refractivity contribution in [2.75, 3.05) is 6.61 Å². The Balaban J connectivity index is 2.15. The highest BCUT2D eigenvalue weighted by Gasteiger charge is 2.17. The smallest absolute Gasteiger partial charge is 0.155 e. The van der Waals surface area contributed by atoms with Crippen molar-refractivity contribution in [3.05, 3.63) is 38.8 Å². The molecule has 0 aromatic carbocycles. The molecule has 0 aliphatic rings. The van der Waals surface area contributed by atoms with E-state index in [1.807, 2.05) is 6.92 Å². The molecule has 2 heterocycles. The van der Waals surface area contributed by atoms with Crippen LogP contribution in [0.15, 0.2) is 11.4 Å². The largest absolute Gasteiger partial charge is 0.374 e. The minimum atomic E-state index is 0.0677. The summed E-state index contributed by atoms with van der Waals surface area (Å²) in [6, 6.07) is 1.79. The van der Waals surface area contributed by atoms with Crippen LogP contribution in [0, 0.1) is 0 Å². The summed E-state index contributed by atoms with van der Waals surface area (Å²) < 4.78 is 5.33. The van der Waals surface area contributed by atoms with Crippen molar-refractivity contribution in [2.45, 2.75) is 46.1 Å². The molecular weight excluding hydrogens is 306 g/mol. The molecule has 0 N–H and O–H groups in total. The van der Waals surface area contributed by atoms with Crippen LogP contribution < -0.4 is 0 Å². The molecule has 0 unspecified atom stereocenters. The molecular formula is C15H20ClN3OS. The molecule has 0 aliphatic carbocycles. The van der Waals surface area contributed by atoms with Gasteiger partial charge in [0, 0.05) is 23.8 Å². The Kier molecular flexibility index (Phi) is 5.30. The zero-order valence-electron chi connectivity index (χ0n) is 12.8. The molecule has 6 heteroatoms. The number of rotatable bonds is 5. The Labute approximate surface area is 134 Å². The molecule has 0 radical (unpaired) electrons. The van der Waals surface area contributed by atoms with Gasteiger partial charge < -0.3 is 4.74 Å². The van der Waals surface area contributed by atoms with Crippen molar-refractivity contribution >= 4 is 22.9 Å². The Morgan fingerprint density at radius 2 is 2.00 bits per heavy atom. The third-order valence-electron chi connectivity index (χ3n) is 2.88. The lowest BCUT2D eigenvalue weighted by Crippen LogP contribution is -2.11. The van der Waals surface area contributed by atoms with Gasteiger partial charge in [0.15, 0.2) is 5.82 Å². The monoisotopic (exact) mass is 325 g/mol. The van der Waals surface area contributed by atoms with Gasteiger partial charge in [0.2, 0.25) is 0 Å². The van der Waals surface area contributed by atoms with E-state index < -0.39 is 0 Å². The van der Waals surface area contributed by atoms with Crippen LogP contribution in [-0.2, 0) is 23.2 Å². The third-order valence-corrected chi connectivity index (χ3v) is 3.92. The maximum Gasteiger partial charge on any atom is 0.155 e. The second-order valence-corrected chi connectivity index (χ2v) is 7.12. The molecule has 114 valence electrons. The Morgan fingerprint density at radius 1 is 1.24 bits per heavy atom. The van der Waals surface area contributed by atoms with E-state index in [-0.39, 0.29) is 5.41 Å². The summed E-state index contributed by atoms with van der Waals surface area (Å²) in [4.78, 5) is 13.3. The van der Waals surface area contributed by atoms with E-state index in [0.717, 1.165) is 16.4 Å². The SMILES string of the molecule is CCOCc1nc(Cl)cc(Cc2nc(C(C)(C)C)cs2)n1. The van der Waals surface area contributed by atoms with Gasteiger partial charge in [-0.2, -0.15) is 0 Å². The van der Waals surface area contributed by atoms with Gasteiger partial charge in [0.1, 0.15) is 11.8 Å². The van der Waals surface area contributed by atoms with E-state index >= 15 is 0 Å². The standard InChI is InChI=1S/C15H20ClN3OS/c1-5-20-8-13-17-10(6-12(16)19-13)7-14-18-11(9-21-14)15(2,3)4/h6,9H,5,7-8H2,1-4H3. The molecule has 0 aliphatic heterocycles. The minimum Gasteiger partial charge on any atom is -0.374 e. The fourth-order valence-electron chi connectivity index (χ4n) is 1.76. The number of hydrogen-bond donors (Lipinski definition) is 0. The second-order valence-electron chi connectivity index (χ2n) is 5.79. The second kappa shape index (κ2) is 6.81. The molecule has 0 saturated heterocycles. The summed E-state index contributed by atoms with van der Waals surface area (Å²) in [6.07, 6.45) is 0.669. The van der Waals surface area contributed by atoms with Gasteiger partial charge in [-0.25, -0.2) is 15.0 Å². The molecule has 21 heavy (non-hydrogen) atoms. The summed E-state index contributed by atoms with van der Waals surface area (Å²) in [5.41, 5.74) is 2.05. The summed E-state index contributed by atoms with van der Waals surface area (Å²) >= 11 is 7.70. The van der Waals surface area contributed by atoms with Crippen LogP contribution in [0.3, 0.4) is 0 Å². The van der Waals surface area contributed by atoms with Crippen LogP contribution >= 0.6 is 22.9 Å². The molecule has 0 saturated carbocycles. The van der Waals surface area contributed by atoms with Crippen LogP contribution in [0.5, 0.6) is 0 Å². The van der Waals surface area contributed by atoms with E-state index in [9.17, 15) is 0 Å². The molecule has 2 rings (SSSR count). The number of thiazole rings is 1. The quantitative estimate of drug-likeness (QED) is 0.779. The van der Waals surface area contributed by atoms with Crippen LogP contribution in [0.25, 0.3) is 0 Å². The summed E-state index contributed by atoms with van der Waals surface area (Å²) in [5.74, 6) is 0.618. The van der Waals surface area contributed by atoms with Gasteiger partial charge in [-0.15, -0.1) is 11.3 Å². The van der Waals surface area contributed by atoms with Crippen molar-refractivity contribution in [1.29, 1.82) is 0 Å². The average molecular weight is 326 g/mol. The van der Waals surface area contributed by atoms with E-state index in [4.69, 9.17) is 16.3 Å². The Morgan fingerprint density at radius 3 is 2.62 bits per heavy atom. The van der Waals surface area contributed by atoms with Crippen molar-refractivity contribution in [2.24, 2.45) is 0 Å². The van der Waals surface area contributed by atoms with E-state index in [2.05, 4.69) is 41.1 Å². The number of ether oxygens (including phenoxy) is 1. The Bertz CT molecular complexity index is 607. The van der Waals surface area contributed by atoms with E-state index in [1.54, 1.807) is 17.4 Å². The van der Waals surface area contributed by atoms with Crippen LogP contribution in [0.4, 0.5) is 0 Å². The summed E-state index contributed by atoms with van der Waals surface area (Å²) in [7, 11) is 0. The molecule has 0 spiro atoms. The highest BCUT2D eigenvalue weighted by molar-refractivity contribution is 7.09. The van der Waals surface area contributed by atoms with Gasteiger partial charge in [-0.1, -0.05) is 32.4 Å². The van der Waals surface area contributed by atoms with Crippen molar-refractivity contribution in [3.8, 4) is 0 Å². The molecule has 0 fully saturated rings. The van der Waals surface area contributed by atoms with Gasteiger partial charge in [0.25, 0.3) is 0 Å². The minimum absolute atomic E-state index is 0.0677. The lowest BCUT2D eigenvalue weighted by molar-refractivity contribution is 0.128. The summed E-state index contributed by atoms with van der Waals surface area (Å²) in [5, 5.41) is 3.60. The van der Waals surface area contributed by atoms with Crippen LogP contribution in [-0.4, -0.2) is 21.6 Å². The van der Waals surface area contributed by atoms with Crippen molar-refractivity contribution in [3.63, 3.8) is 0 Å². The van der Waals surface area contributed by atoms with Crippen LogP contribution in [0.1, 0.15) is 49.9 Å². The maximum absolute atomic E-state index is 6.05. The first-order valence-electron chi connectivity index (χ1n) is 6.93. The number of hydrogen-bond acceptors (Lipinski definition) is 5. The molecule has 2 aromatic rings. The van der Waals surface area contributed by atoms with Crippen molar-refractivity contribution in [1.82, 2.24) is 15.0 Å². The maximum atomic E-state index is 6.05. The van der Waals surface area contributed by atoms with Crippen molar-refractivity contribution < 1.29 is 4.74 Å². The first kappa shape index (κ1) is 16.3. The van der Waals surface area contributed by atoms with Crippen LogP contribution in [0.2, 0.25) is 5.15 Å². The zero-order valence-corrected chi connectivity index (χ0v) is 14.4. The fraction of sp³-hybridized carbons (Fsp3) is 0.533. The normalized spacial score (nSPS) is 11.9. The zero-order chi connectivity index (χ0) is 15.5. The van der Waals surface area contributed by atoms with E-state index in [0.29, 0.717) is 30.6 Å². The molecule has 0 amide bonds. The lowest BCUT2D eigenvalue weighted by Gasteiger charge is -2.14. The molecule has 4 nitrogen and oxygen atoms in total. The Hall–Kier alpha value is -1.04. The average Bonchev–Trinajstić information content (AvgIpc) is 2.84. The fourth-order valence-corrected chi connectivity index (χ4v) is 3.02. The number of nitrogens with zero attached hydrogens (tertiary/aromatic N) is 3. The molecule has 0 atom stereocenters. The number of halogens is 1. The van der Waals surface area contributed by atoms with E-state index in [1.165, 1.54) is 0 Å². The number of aromatic nitrogens is 3. The predicted octanol–water partition coefficient (Wildman–Crippen LogP) is 4.01. The predicted molar refractivity (Wildman–Crippen MR) is 86.0 cm³/mol. The topological polar surface area (TPSA) is 47.9 Å². The lowest BCUT2D eigenvalue weighted by atomic mass is 9.93. The molecule has 0 bridgehead atoms. The summed E-state index contributed by atoms with van der Waals surface area (Å²) in [6.45, 7) is 9.44. The highest BCUT2D eigenvalue weighted by Crippen LogP contribution is 2.25. The third kappa shape index (κ3) is 4.73. The first-order chi connectivity index (χ1) is 9.88. The molecule has 2 aromatic heterocycles. The van der Waals surface area contributed by atoms with Gasteiger partial charge in [0.05, 0.1) is 16.4 Å². The van der Waals surface area contributed by atoms with Gasteiger partial charge in [-0.05, 0) is 13.0 Å².